The van der Waals surface area contributed by atoms with Gasteiger partial charge in [-0.05, 0) is 49.7 Å². The fourth-order valence-electron chi connectivity index (χ4n) is 2.56. The Labute approximate surface area is 172 Å². The van der Waals surface area contributed by atoms with Crippen molar-refractivity contribution in [3.05, 3.63) is 70.1 Å². The summed E-state index contributed by atoms with van der Waals surface area (Å²) >= 11 is 3.37. The highest BCUT2D eigenvalue weighted by Crippen LogP contribution is 2.16. The van der Waals surface area contributed by atoms with Crippen molar-refractivity contribution >= 4 is 39.3 Å². The van der Waals surface area contributed by atoms with E-state index in [0.29, 0.717) is 36.1 Å². The molecule has 1 amide bonds. The smallest absolute Gasteiger partial charge is 0.251 e. The molecule has 0 aliphatic heterocycles. The highest BCUT2D eigenvalue weighted by Gasteiger charge is 2.06. The molecule has 7 nitrogen and oxygen atoms in total. The van der Waals surface area contributed by atoms with Crippen LogP contribution in [0.4, 0.5) is 17.5 Å². The molecular formula is C20H21BrN6O. The maximum absolute atomic E-state index is 12.1. The number of pyridine rings is 1. The summed E-state index contributed by atoms with van der Waals surface area (Å²) in [6.45, 7) is 4.84. The molecule has 0 aliphatic rings. The zero-order valence-electron chi connectivity index (χ0n) is 15.7. The third-order valence-corrected chi connectivity index (χ3v) is 4.31. The van der Waals surface area contributed by atoms with E-state index in [4.69, 9.17) is 0 Å². The molecule has 0 bridgehead atoms. The topological polar surface area (TPSA) is 91.8 Å². The Balaban J connectivity index is 1.54. The predicted octanol–water partition coefficient (Wildman–Crippen LogP) is 3.84. The predicted molar refractivity (Wildman–Crippen MR) is 114 cm³/mol. The van der Waals surface area contributed by atoms with Crippen LogP contribution in [0, 0.1) is 13.8 Å². The maximum atomic E-state index is 12.1. The molecule has 3 aromatic rings. The van der Waals surface area contributed by atoms with E-state index in [-0.39, 0.29) is 5.91 Å². The molecule has 0 fully saturated rings. The van der Waals surface area contributed by atoms with Gasteiger partial charge in [0, 0.05) is 35.4 Å². The molecule has 28 heavy (non-hydrogen) atoms. The second-order valence-electron chi connectivity index (χ2n) is 6.22. The molecule has 0 atom stereocenters. The summed E-state index contributed by atoms with van der Waals surface area (Å²) in [5.41, 5.74) is 1.73. The average Bonchev–Trinajstić information content (AvgIpc) is 2.64. The van der Waals surface area contributed by atoms with Crippen LogP contribution in [0.15, 0.2) is 53.1 Å². The van der Waals surface area contributed by atoms with Gasteiger partial charge in [0.1, 0.15) is 23.3 Å². The summed E-state index contributed by atoms with van der Waals surface area (Å²) in [5.74, 6) is 2.59. The van der Waals surface area contributed by atoms with Crippen molar-refractivity contribution in [2.24, 2.45) is 0 Å². The van der Waals surface area contributed by atoms with Crippen LogP contribution in [0.3, 0.4) is 0 Å². The lowest BCUT2D eigenvalue weighted by Gasteiger charge is -2.11. The van der Waals surface area contributed by atoms with Crippen molar-refractivity contribution in [3.8, 4) is 0 Å². The van der Waals surface area contributed by atoms with Gasteiger partial charge < -0.3 is 16.0 Å². The van der Waals surface area contributed by atoms with Crippen LogP contribution in [0.1, 0.15) is 21.7 Å². The normalized spacial score (nSPS) is 10.4. The Morgan fingerprint density at radius 3 is 2.61 bits per heavy atom. The summed E-state index contributed by atoms with van der Waals surface area (Å²) in [6, 6.07) is 13.0. The molecule has 1 aromatic carbocycles. The largest absolute Gasteiger partial charge is 0.368 e. The van der Waals surface area contributed by atoms with Gasteiger partial charge in [-0.3, -0.25) is 4.79 Å². The van der Waals surface area contributed by atoms with E-state index < -0.39 is 0 Å². The van der Waals surface area contributed by atoms with E-state index in [1.54, 1.807) is 18.3 Å². The SMILES string of the molecule is Cc1ccnc(Nc2cc(NCCNC(=O)c3cccc(Br)c3)nc(C)n2)c1. The van der Waals surface area contributed by atoms with Crippen molar-refractivity contribution in [2.45, 2.75) is 13.8 Å². The number of halogens is 1. The number of benzene rings is 1. The van der Waals surface area contributed by atoms with Crippen LogP contribution in [0.2, 0.25) is 0 Å². The molecule has 144 valence electrons. The van der Waals surface area contributed by atoms with Gasteiger partial charge in [-0.25, -0.2) is 15.0 Å². The Bertz CT molecular complexity index is 978. The quantitative estimate of drug-likeness (QED) is 0.483. The van der Waals surface area contributed by atoms with Crippen LogP contribution in [-0.2, 0) is 0 Å². The van der Waals surface area contributed by atoms with Gasteiger partial charge in [-0.1, -0.05) is 22.0 Å². The Hall–Kier alpha value is -3.00. The number of nitrogens with zero attached hydrogens (tertiary/aromatic N) is 3. The lowest BCUT2D eigenvalue weighted by molar-refractivity contribution is 0.0955. The zero-order valence-corrected chi connectivity index (χ0v) is 17.2. The number of aromatic nitrogens is 3. The molecule has 2 aromatic heterocycles. The third kappa shape index (κ3) is 5.75. The lowest BCUT2D eigenvalue weighted by atomic mass is 10.2. The average molecular weight is 441 g/mol. The van der Waals surface area contributed by atoms with Gasteiger partial charge in [0.05, 0.1) is 0 Å². The van der Waals surface area contributed by atoms with Crippen molar-refractivity contribution < 1.29 is 4.79 Å². The summed E-state index contributed by atoms with van der Waals surface area (Å²) in [5, 5.41) is 9.27. The molecule has 0 unspecified atom stereocenters. The number of carbonyl (C=O) groups excluding carboxylic acids is 1. The summed E-state index contributed by atoms with van der Waals surface area (Å²) in [6.07, 6.45) is 1.75. The monoisotopic (exact) mass is 440 g/mol. The Morgan fingerprint density at radius 1 is 1.00 bits per heavy atom. The number of amides is 1. The number of carbonyl (C=O) groups is 1. The van der Waals surface area contributed by atoms with E-state index in [0.717, 1.165) is 15.9 Å². The van der Waals surface area contributed by atoms with E-state index in [1.165, 1.54) is 0 Å². The highest BCUT2D eigenvalue weighted by molar-refractivity contribution is 9.10. The van der Waals surface area contributed by atoms with Crippen molar-refractivity contribution in [2.75, 3.05) is 23.7 Å². The number of hydrogen-bond donors (Lipinski definition) is 3. The first-order valence-corrected chi connectivity index (χ1v) is 9.62. The van der Waals surface area contributed by atoms with E-state index in [9.17, 15) is 4.79 Å². The fourth-order valence-corrected chi connectivity index (χ4v) is 2.96. The molecule has 0 saturated carbocycles. The van der Waals surface area contributed by atoms with Crippen LogP contribution < -0.4 is 16.0 Å². The van der Waals surface area contributed by atoms with Gasteiger partial charge in [-0.2, -0.15) is 0 Å². The molecule has 2 heterocycles. The molecule has 3 N–H and O–H groups in total. The molecule has 3 rings (SSSR count). The Morgan fingerprint density at radius 2 is 1.82 bits per heavy atom. The molecule has 0 spiro atoms. The summed E-state index contributed by atoms with van der Waals surface area (Å²) in [4.78, 5) is 25.2. The second-order valence-corrected chi connectivity index (χ2v) is 7.14. The van der Waals surface area contributed by atoms with Crippen molar-refractivity contribution in [1.82, 2.24) is 20.3 Å². The van der Waals surface area contributed by atoms with Gasteiger partial charge in [0.15, 0.2) is 0 Å². The van der Waals surface area contributed by atoms with Crippen molar-refractivity contribution in [1.29, 1.82) is 0 Å². The number of aryl methyl sites for hydroxylation is 2. The van der Waals surface area contributed by atoms with Crippen molar-refractivity contribution in [3.63, 3.8) is 0 Å². The molecule has 0 aliphatic carbocycles. The molecular weight excluding hydrogens is 420 g/mol. The van der Waals surface area contributed by atoms with Crippen LogP contribution in [-0.4, -0.2) is 33.9 Å². The molecule has 0 saturated heterocycles. The first-order valence-electron chi connectivity index (χ1n) is 8.82. The van der Waals surface area contributed by atoms with Gasteiger partial charge >= 0.3 is 0 Å². The molecule has 8 heteroatoms. The number of rotatable bonds is 7. The minimum atomic E-state index is -0.116. The lowest BCUT2D eigenvalue weighted by Crippen LogP contribution is -2.28. The number of nitrogens with one attached hydrogen (secondary N) is 3. The third-order valence-electron chi connectivity index (χ3n) is 3.81. The van der Waals surface area contributed by atoms with Gasteiger partial charge in [0.2, 0.25) is 0 Å². The second kappa shape index (κ2) is 9.27. The van der Waals surface area contributed by atoms with Crippen LogP contribution >= 0.6 is 15.9 Å². The van der Waals surface area contributed by atoms with Crippen LogP contribution in [0.5, 0.6) is 0 Å². The zero-order chi connectivity index (χ0) is 19.9. The summed E-state index contributed by atoms with van der Waals surface area (Å²) in [7, 11) is 0. The Kier molecular flexibility index (Phi) is 6.54. The van der Waals surface area contributed by atoms with Crippen LogP contribution in [0.25, 0.3) is 0 Å². The van der Waals surface area contributed by atoms with E-state index in [1.807, 2.05) is 44.2 Å². The van der Waals surface area contributed by atoms with Gasteiger partial charge in [0.25, 0.3) is 5.91 Å². The minimum Gasteiger partial charge on any atom is -0.368 e. The van der Waals surface area contributed by atoms with E-state index >= 15 is 0 Å². The fraction of sp³-hybridized carbons (Fsp3) is 0.200. The van der Waals surface area contributed by atoms with Gasteiger partial charge in [-0.15, -0.1) is 0 Å². The summed E-state index contributed by atoms with van der Waals surface area (Å²) < 4.78 is 0.873. The maximum Gasteiger partial charge on any atom is 0.251 e. The first kappa shape index (κ1) is 19.8. The van der Waals surface area contributed by atoms with E-state index in [2.05, 4.69) is 46.8 Å². The highest BCUT2D eigenvalue weighted by atomic mass is 79.9. The first-order chi connectivity index (χ1) is 13.5. The standard InChI is InChI=1S/C20H21BrN6O/c1-13-6-7-22-17(10-13)27-19-12-18(25-14(2)26-19)23-8-9-24-20(28)15-4-3-5-16(21)11-15/h3-7,10-12H,8-9H2,1-2H3,(H,24,28)(H2,22,23,25,26,27). The molecule has 0 radical (unpaired) electrons. The number of hydrogen-bond acceptors (Lipinski definition) is 6. The number of anilines is 3. The minimum absolute atomic E-state index is 0.116.